The molecule has 1 fully saturated rings. The topological polar surface area (TPSA) is 147 Å². The van der Waals surface area contributed by atoms with Crippen molar-refractivity contribution in [2.45, 2.75) is 22.8 Å². The molecule has 1 N–H and O–H groups in total. The van der Waals surface area contributed by atoms with E-state index in [2.05, 4.69) is 4.72 Å². The van der Waals surface area contributed by atoms with Crippen molar-refractivity contribution < 1.29 is 26.6 Å². The van der Waals surface area contributed by atoms with Gasteiger partial charge in [-0.2, -0.15) is 9.03 Å². The third kappa shape index (κ3) is 5.12. The lowest BCUT2D eigenvalue weighted by molar-refractivity contribution is -0.385. The van der Waals surface area contributed by atoms with Crippen LogP contribution in [0.25, 0.3) is 0 Å². The minimum atomic E-state index is -3.97. The van der Waals surface area contributed by atoms with Gasteiger partial charge in [0.2, 0.25) is 26.0 Å². The van der Waals surface area contributed by atoms with Crippen LogP contribution in [0.4, 0.5) is 5.69 Å². The van der Waals surface area contributed by atoms with Gasteiger partial charge in [0.1, 0.15) is 0 Å². The van der Waals surface area contributed by atoms with Crippen LogP contribution in [0, 0.1) is 10.1 Å². The Morgan fingerprint density at radius 3 is 2.16 bits per heavy atom. The van der Waals surface area contributed by atoms with Gasteiger partial charge in [-0.1, -0.05) is 24.3 Å². The number of piperazine rings is 1. The van der Waals surface area contributed by atoms with Crippen LogP contribution in [0.1, 0.15) is 6.92 Å². The Balaban J connectivity index is 1.64. The third-order valence-electron chi connectivity index (χ3n) is 4.97. The van der Waals surface area contributed by atoms with Gasteiger partial charge < -0.3 is 4.90 Å². The minimum Gasteiger partial charge on any atom is -0.339 e. The first-order chi connectivity index (χ1) is 15.0. The van der Waals surface area contributed by atoms with Crippen LogP contribution in [-0.4, -0.2) is 69.1 Å². The Kier molecular flexibility index (Phi) is 6.93. The Hall–Kier alpha value is -2.87. The van der Waals surface area contributed by atoms with E-state index in [0.717, 1.165) is 10.4 Å². The second-order valence-corrected chi connectivity index (χ2v) is 10.8. The van der Waals surface area contributed by atoms with Crippen molar-refractivity contribution in [2.24, 2.45) is 0 Å². The fraction of sp³-hybridized carbons (Fsp3) is 0.316. The molecule has 32 heavy (non-hydrogen) atoms. The second kappa shape index (κ2) is 9.32. The maximum atomic E-state index is 12.8. The standard InChI is InChI=1S/C19H22N4O7S2/c1-15(20-31(27,28)17-7-3-2-4-8-17)19(24)21-10-12-22(13-11-21)32(29,30)18-9-5-6-16(14-18)23(25)26/h2-9,14-15,20H,10-13H2,1H3/t15-/m0/s1. The number of hydrogen-bond acceptors (Lipinski definition) is 7. The quantitative estimate of drug-likeness (QED) is 0.453. The van der Waals surface area contributed by atoms with E-state index in [4.69, 9.17) is 0 Å². The fourth-order valence-electron chi connectivity index (χ4n) is 3.28. The van der Waals surface area contributed by atoms with Gasteiger partial charge in [-0.05, 0) is 25.1 Å². The molecule has 0 aromatic heterocycles. The first-order valence-corrected chi connectivity index (χ1v) is 12.6. The summed E-state index contributed by atoms with van der Waals surface area (Å²) in [5, 5.41) is 10.9. The maximum absolute atomic E-state index is 12.8. The van der Waals surface area contributed by atoms with E-state index in [0.29, 0.717) is 0 Å². The number of amides is 1. The highest BCUT2D eigenvalue weighted by molar-refractivity contribution is 7.89. The van der Waals surface area contributed by atoms with Crippen molar-refractivity contribution in [3.8, 4) is 0 Å². The number of nitrogens with one attached hydrogen (secondary N) is 1. The molecule has 1 aliphatic heterocycles. The zero-order valence-electron chi connectivity index (χ0n) is 17.1. The number of hydrogen-bond donors (Lipinski definition) is 1. The molecule has 1 heterocycles. The molecule has 0 aliphatic carbocycles. The van der Waals surface area contributed by atoms with Gasteiger partial charge >= 0.3 is 0 Å². The first kappa shape index (κ1) is 23.8. The predicted molar refractivity (Wildman–Crippen MR) is 115 cm³/mol. The van der Waals surface area contributed by atoms with Crippen LogP contribution < -0.4 is 4.72 Å². The van der Waals surface area contributed by atoms with Crippen molar-refractivity contribution in [2.75, 3.05) is 26.2 Å². The molecule has 1 aliphatic rings. The summed E-state index contributed by atoms with van der Waals surface area (Å²) in [5.74, 6) is -0.475. The largest absolute Gasteiger partial charge is 0.339 e. The highest BCUT2D eigenvalue weighted by atomic mass is 32.2. The van der Waals surface area contributed by atoms with Crippen LogP contribution in [-0.2, 0) is 24.8 Å². The number of benzene rings is 2. The highest BCUT2D eigenvalue weighted by Crippen LogP contribution is 2.22. The maximum Gasteiger partial charge on any atom is 0.270 e. The van der Waals surface area contributed by atoms with Crippen molar-refractivity contribution >= 4 is 31.6 Å². The van der Waals surface area contributed by atoms with Gasteiger partial charge in [0, 0.05) is 38.3 Å². The number of carbonyl (C=O) groups excluding carboxylic acids is 1. The van der Waals surface area contributed by atoms with E-state index in [9.17, 15) is 31.7 Å². The third-order valence-corrected chi connectivity index (χ3v) is 8.42. The van der Waals surface area contributed by atoms with Crippen LogP contribution in [0.15, 0.2) is 64.4 Å². The van der Waals surface area contributed by atoms with Crippen molar-refractivity contribution in [1.82, 2.24) is 13.9 Å². The summed E-state index contributed by atoms with van der Waals surface area (Å²) in [5.41, 5.74) is -0.334. The van der Waals surface area contributed by atoms with E-state index >= 15 is 0 Å². The normalized spacial score (nSPS) is 16.5. The van der Waals surface area contributed by atoms with Gasteiger partial charge in [0.15, 0.2) is 0 Å². The van der Waals surface area contributed by atoms with E-state index in [1.165, 1.54) is 42.2 Å². The molecular formula is C19H22N4O7S2. The zero-order chi connectivity index (χ0) is 23.5. The van der Waals surface area contributed by atoms with Crippen molar-refractivity contribution in [3.05, 3.63) is 64.7 Å². The molecule has 0 unspecified atom stereocenters. The number of sulfonamides is 2. The lowest BCUT2D eigenvalue weighted by Gasteiger charge is -2.35. The molecular weight excluding hydrogens is 460 g/mol. The molecule has 2 aromatic carbocycles. The molecule has 1 amide bonds. The first-order valence-electron chi connectivity index (χ1n) is 9.63. The summed E-state index contributed by atoms with van der Waals surface area (Å²) >= 11 is 0. The Morgan fingerprint density at radius 1 is 0.969 bits per heavy atom. The molecule has 3 rings (SSSR count). The van der Waals surface area contributed by atoms with Crippen LogP contribution in [0.3, 0.4) is 0 Å². The molecule has 1 atom stereocenters. The summed E-state index contributed by atoms with van der Waals surface area (Å²) in [6.07, 6.45) is 0. The summed E-state index contributed by atoms with van der Waals surface area (Å²) in [6.45, 7) is 1.51. The fourth-order valence-corrected chi connectivity index (χ4v) is 5.96. The molecule has 2 aromatic rings. The average molecular weight is 483 g/mol. The summed E-state index contributed by atoms with van der Waals surface area (Å²) in [6, 6.07) is 11.4. The molecule has 0 saturated carbocycles. The summed E-state index contributed by atoms with van der Waals surface area (Å²) in [7, 11) is -7.86. The van der Waals surface area contributed by atoms with E-state index in [1.807, 2.05) is 0 Å². The lowest BCUT2D eigenvalue weighted by Crippen LogP contribution is -2.55. The highest BCUT2D eigenvalue weighted by Gasteiger charge is 2.33. The van der Waals surface area contributed by atoms with E-state index in [1.54, 1.807) is 18.2 Å². The minimum absolute atomic E-state index is 0.0189. The monoisotopic (exact) mass is 482 g/mol. The Bertz CT molecular complexity index is 1210. The number of nitrogens with zero attached hydrogens (tertiary/aromatic N) is 3. The number of non-ortho nitro benzene ring substituents is 1. The van der Waals surface area contributed by atoms with Gasteiger partial charge in [0.25, 0.3) is 5.69 Å². The van der Waals surface area contributed by atoms with Gasteiger partial charge in [-0.15, -0.1) is 0 Å². The van der Waals surface area contributed by atoms with Crippen LogP contribution in [0.2, 0.25) is 0 Å². The number of nitro benzene ring substituents is 1. The van der Waals surface area contributed by atoms with Crippen LogP contribution >= 0.6 is 0 Å². The number of rotatable bonds is 7. The van der Waals surface area contributed by atoms with Gasteiger partial charge in [-0.25, -0.2) is 16.8 Å². The number of carbonyl (C=O) groups is 1. The average Bonchev–Trinajstić information content (AvgIpc) is 2.79. The molecule has 13 heteroatoms. The van der Waals surface area contributed by atoms with E-state index in [-0.39, 0.29) is 41.7 Å². The van der Waals surface area contributed by atoms with Crippen molar-refractivity contribution in [3.63, 3.8) is 0 Å². The molecule has 0 radical (unpaired) electrons. The SMILES string of the molecule is C[C@H](NS(=O)(=O)c1ccccc1)C(=O)N1CCN(S(=O)(=O)c2cccc([N+](=O)[O-])c2)CC1. The molecule has 172 valence electrons. The summed E-state index contributed by atoms with van der Waals surface area (Å²) < 4.78 is 54.0. The Morgan fingerprint density at radius 2 is 1.56 bits per heavy atom. The molecule has 0 spiro atoms. The second-order valence-electron chi connectivity index (χ2n) is 7.14. The van der Waals surface area contributed by atoms with Gasteiger partial charge in [-0.3, -0.25) is 14.9 Å². The predicted octanol–water partition coefficient (Wildman–Crippen LogP) is 0.795. The number of nitro groups is 1. The lowest BCUT2D eigenvalue weighted by atomic mass is 10.2. The molecule has 0 bridgehead atoms. The smallest absolute Gasteiger partial charge is 0.270 e. The zero-order valence-corrected chi connectivity index (χ0v) is 18.8. The summed E-state index contributed by atoms with van der Waals surface area (Å²) in [4.78, 5) is 24.2. The van der Waals surface area contributed by atoms with Gasteiger partial charge in [0.05, 0.1) is 20.8 Å². The van der Waals surface area contributed by atoms with E-state index < -0.39 is 36.9 Å². The molecule has 1 saturated heterocycles. The molecule has 11 nitrogen and oxygen atoms in total. The van der Waals surface area contributed by atoms with Crippen molar-refractivity contribution in [1.29, 1.82) is 0 Å². The van der Waals surface area contributed by atoms with Crippen LogP contribution in [0.5, 0.6) is 0 Å². The Labute approximate surface area is 185 Å².